The number of piperazine rings is 1. The molecule has 0 aromatic carbocycles. The van der Waals surface area contributed by atoms with Crippen molar-refractivity contribution in [1.29, 1.82) is 0 Å². The van der Waals surface area contributed by atoms with Crippen LogP contribution in [0, 0.1) is 0 Å². The van der Waals surface area contributed by atoms with Crippen LogP contribution >= 0.6 is 0 Å². The monoisotopic (exact) mass is 275 g/mol. The summed E-state index contributed by atoms with van der Waals surface area (Å²) in [6.07, 6.45) is 1.73. The van der Waals surface area contributed by atoms with Crippen molar-refractivity contribution in [1.82, 2.24) is 24.8 Å². The molecule has 1 saturated heterocycles. The molecule has 0 spiro atoms. The molecule has 0 unspecified atom stereocenters. The van der Waals surface area contributed by atoms with Crippen LogP contribution in [-0.4, -0.2) is 58.8 Å². The van der Waals surface area contributed by atoms with E-state index in [2.05, 4.69) is 20.3 Å². The molecule has 0 aliphatic carbocycles. The molecule has 2 aromatic rings. The average molecular weight is 275 g/mol. The van der Waals surface area contributed by atoms with E-state index in [-0.39, 0.29) is 5.97 Å². The zero-order valence-corrected chi connectivity index (χ0v) is 11.4. The summed E-state index contributed by atoms with van der Waals surface area (Å²) in [7, 11) is 1.37. The number of rotatable bonds is 3. The second kappa shape index (κ2) is 5.56. The van der Waals surface area contributed by atoms with E-state index in [1.54, 1.807) is 22.8 Å². The van der Waals surface area contributed by atoms with Gasteiger partial charge in [-0.15, -0.1) is 5.10 Å². The molecule has 1 fully saturated rings. The lowest BCUT2D eigenvalue weighted by Gasteiger charge is -2.25. The maximum Gasteiger partial charge on any atom is 0.338 e. The molecule has 2 aromatic heterocycles. The largest absolute Gasteiger partial charge is 0.465 e. The molecular weight excluding hydrogens is 258 g/mol. The average Bonchev–Trinajstić information content (AvgIpc) is 2.88. The van der Waals surface area contributed by atoms with Crippen LogP contribution in [0.2, 0.25) is 0 Å². The molecular formula is C13H17N5O2. The van der Waals surface area contributed by atoms with Crippen molar-refractivity contribution in [2.45, 2.75) is 6.54 Å². The number of carbonyl (C=O) groups excluding carboxylic acids is 1. The molecule has 0 amide bonds. The summed E-state index contributed by atoms with van der Waals surface area (Å²) in [5.74, 6) is 0.410. The van der Waals surface area contributed by atoms with E-state index in [1.165, 1.54) is 7.11 Å². The van der Waals surface area contributed by atoms with Crippen LogP contribution in [0.3, 0.4) is 0 Å². The summed E-state index contributed by atoms with van der Waals surface area (Å²) < 4.78 is 6.39. The number of methoxy groups -OCH3 is 1. The number of fused-ring (bicyclic) bond motifs is 1. The van der Waals surface area contributed by atoms with E-state index in [0.29, 0.717) is 11.2 Å². The Bertz CT molecular complexity index is 618. The summed E-state index contributed by atoms with van der Waals surface area (Å²) in [6, 6.07) is 3.38. The number of nitrogens with zero attached hydrogens (tertiary/aromatic N) is 4. The van der Waals surface area contributed by atoms with Crippen LogP contribution in [0.1, 0.15) is 16.2 Å². The smallest absolute Gasteiger partial charge is 0.338 e. The van der Waals surface area contributed by atoms with Crippen molar-refractivity contribution < 1.29 is 9.53 Å². The molecule has 1 aliphatic heterocycles. The second-order valence-electron chi connectivity index (χ2n) is 4.76. The van der Waals surface area contributed by atoms with Gasteiger partial charge in [0, 0.05) is 32.4 Å². The SMILES string of the molecule is COC(=O)c1ccn2nc(CN3CCNCC3)nc2c1. The minimum absolute atomic E-state index is 0.362. The molecule has 20 heavy (non-hydrogen) atoms. The number of hydrogen-bond acceptors (Lipinski definition) is 6. The zero-order chi connectivity index (χ0) is 13.9. The Morgan fingerprint density at radius 1 is 1.45 bits per heavy atom. The van der Waals surface area contributed by atoms with Gasteiger partial charge in [0.15, 0.2) is 11.5 Å². The van der Waals surface area contributed by atoms with E-state index in [1.807, 2.05) is 0 Å². The van der Waals surface area contributed by atoms with Crippen molar-refractivity contribution in [3.05, 3.63) is 29.7 Å². The normalized spacial score (nSPS) is 16.4. The van der Waals surface area contributed by atoms with Gasteiger partial charge in [-0.2, -0.15) is 0 Å². The third-order valence-corrected chi connectivity index (χ3v) is 3.38. The highest BCUT2D eigenvalue weighted by atomic mass is 16.5. The van der Waals surface area contributed by atoms with Gasteiger partial charge in [0.05, 0.1) is 19.2 Å². The first-order valence-electron chi connectivity index (χ1n) is 6.63. The maximum atomic E-state index is 11.5. The summed E-state index contributed by atoms with van der Waals surface area (Å²) in [4.78, 5) is 18.3. The number of esters is 1. The predicted molar refractivity (Wildman–Crippen MR) is 72.5 cm³/mol. The Kier molecular flexibility index (Phi) is 3.62. The summed E-state index contributed by atoms with van der Waals surface area (Å²) in [6.45, 7) is 4.74. The lowest BCUT2D eigenvalue weighted by Crippen LogP contribution is -2.43. The van der Waals surface area contributed by atoms with E-state index >= 15 is 0 Å². The van der Waals surface area contributed by atoms with Crippen molar-refractivity contribution in [2.75, 3.05) is 33.3 Å². The molecule has 3 rings (SSSR count). The Labute approximate surface area is 116 Å². The van der Waals surface area contributed by atoms with Gasteiger partial charge >= 0.3 is 5.97 Å². The molecule has 3 heterocycles. The van der Waals surface area contributed by atoms with Gasteiger partial charge in [-0.1, -0.05) is 0 Å². The molecule has 1 aliphatic rings. The van der Waals surface area contributed by atoms with E-state index in [4.69, 9.17) is 4.74 Å². The molecule has 7 heteroatoms. The standard InChI is InChI=1S/C13H17N5O2/c1-20-13(19)10-2-5-18-12(8-10)15-11(16-18)9-17-6-3-14-4-7-17/h2,5,8,14H,3-4,6-7,9H2,1H3. The van der Waals surface area contributed by atoms with Crippen molar-refractivity contribution in [2.24, 2.45) is 0 Å². The lowest BCUT2D eigenvalue weighted by atomic mass is 10.3. The topological polar surface area (TPSA) is 71.8 Å². The van der Waals surface area contributed by atoms with Crippen LogP contribution in [0.15, 0.2) is 18.3 Å². The third kappa shape index (κ3) is 2.63. The second-order valence-corrected chi connectivity index (χ2v) is 4.76. The van der Waals surface area contributed by atoms with Gasteiger partial charge in [0.1, 0.15) is 0 Å². The van der Waals surface area contributed by atoms with Crippen molar-refractivity contribution in [3.8, 4) is 0 Å². The first kappa shape index (κ1) is 13.0. The highest BCUT2D eigenvalue weighted by molar-refractivity contribution is 5.90. The zero-order valence-electron chi connectivity index (χ0n) is 11.4. The highest BCUT2D eigenvalue weighted by Crippen LogP contribution is 2.08. The van der Waals surface area contributed by atoms with Gasteiger partial charge in [-0.25, -0.2) is 14.3 Å². The molecule has 1 N–H and O–H groups in total. The van der Waals surface area contributed by atoms with Crippen LogP contribution in [0.5, 0.6) is 0 Å². The Morgan fingerprint density at radius 3 is 3.00 bits per heavy atom. The highest BCUT2D eigenvalue weighted by Gasteiger charge is 2.14. The van der Waals surface area contributed by atoms with Gasteiger partial charge in [-0.3, -0.25) is 4.90 Å². The van der Waals surface area contributed by atoms with Gasteiger partial charge in [0.25, 0.3) is 0 Å². The minimum Gasteiger partial charge on any atom is -0.465 e. The van der Waals surface area contributed by atoms with Gasteiger partial charge in [0.2, 0.25) is 0 Å². The first-order valence-corrected chi connectivity index (χ1v) is 6.63. The minimum atomic E-state index is -0.362. The van der Waals surface area contributed by atoms with Crippen LogP contribution in [0.4, 0.5) is 0 Å². The number of hydrogen-bond donors (Lipinski definition) is 1. The van der Waals surface area contributed by atoms with Crippen molar-refractivity contribution in [3.63, 3.8) is 0 Å². The van der Waals surface area contributed by atoms with Gasteiger partial charge in [-0.05, 0) is 12.1 Å². The lowest BCUT2D eigenvalue weighted by molar-refractivity contribution is 0.0600. The number of aromatic nitrogens is 3. The molecule has 0 saturated carbocycles. The van der Waals surface area contributed by atoms with E-state index in [9.17, 15) is 4.79 Å². The number of pyridine rings is 1. The maximum absolute atomic E-state index is 11.5. The van der Waals surface area contributed by atoms with E-state index < -0.39 is 0 Å². The summed E-state index contributed by atoms with van der Waals surface area (Å²) in [5.41, 5.74) is 1.15. The Balaban J connectivity index is 1.81. The fraction of sp³-hybridized carbons (Fsp3) is 0.462. The number of ether oxygens (including phenoxy) is 1. The fourth-order valence-corrected chi connectivity index (χ4v) is 2.31. The third-order valence-electron chi connectivity index (χ3n) is 3.38. The molecule has 0 atom stereocenters. The fourth-order valence-electron chi connectivity index (χ4n) is 2.31. The Morgan fingerprint density at radius 2 is 2.25 bits per heavy atom. The molecule has 0 radical (unpaired) electrons. The Hall–Kier alpha value is -1.99. The van der Waals surface area contributed by atoms with Crippen LogP contribution < -0.4 is 5.32 Å². The first-order chi connectivity index (χ1) is 9.76. The van der Waals surface area contributed by atoms with Crippen LogP contribution in [0.25, 0.3) is 5.65 Å². The van der Waals surface area contributed by atoms with E-state index in [0.717, 1.165) is 38.5 Å². The predicted octanol–water partition coefficient (Wildman–Crippen LogP) is -0.0789. The molecule has 0 bridgehead atoms. The van der Waals surface area contributed by atoms with Crippen LogP contribution in [-0.2, 0) is 11.3 Å². The van der Waals surface area contributed by atoms with Crippen molar-refractivity contribution >= 4 is 11.6 Å². The number of nitrogens with one attached hydrogen (secondary N) is 1. The van der Waals surface area contributed by atoms with Gasteiger partial charge < -0.3 is 10.1 Å². The summed E-state index contributed by atoms with van der Waals surface area (Å²) in [5, 5.41) is 7.74. The number of carbonyl (C=O) groups is 1. The summed E-state index contributed by atoms with van der Waals surface area (Å²) >= 11 is 0. The molecule has 7 nitrogen and oxygen atoms in total. The quantitative estimate of drug-likeness (QED) is 0.790. The molecule has 106 valence electrons.